The molecule has 2 rings (SSSR count). The van der Waals surface area contributed by atoms with E-state index in [0.717, 1.165) is 4.90 Å². The molecule has 21 heavy (non-hydrogen) atoms. The third kappa shape index (κ3) is 2.68. The number of piperazine rings is 1. The van der Waals surface area contributed by atoms with Crippen molar-refractivity contribution in [3.63, 3.8) is 0 Å². The van der Waals surface area contributed by atoms with Crippen LogP contribution in [0.1, 0.15) is 23.7 Å². The number of imide groups is 1. The number of aromatic nitrogens is 1. The summed E-state index contributed by atoms with van der Waals surface area (Å²) in [5.41, 5.74) is 1.73. The summed E-state index contributed by atoms with van der Waals surface area (Å²) >= 11 is 0. The van der Waals surface area contributed by atoms with E-state index in [1.54, 1.807) is 6.92 Å². The van der Waals surface area contributed by atoms with Crippen LogP contribution >= 0.6 is 0 Å². The van der Waals surface area contributed by atoms with E-state index in [1.807, 2.05) is 5.43 Å². The number of hydrogen-bond donors (Lipinski definition) is 3. The summed E-state index contributed by atoms with van der Waals surface area (Å²) in [6.45, 7) is 1.38. The number of anilines is 1. The first-order valence-electron chi connectivity index (χ1n) is 6.25. The maximum absolute atomic E-state index is 14.1. The zero-order valence-corrected chi connectivity index (χ0v) is 11.2. The van der Waals surface area contributed by atoms with Crippen LogP contribution in [0.3, 0.4) is 0 Å². The van der Waals surface area contributed by atoms with Crippen LogP contribution in [0.5, 0.6) is 0 Å². The Morgan fingerprint density at radius 3 is 2.95 bits per heavy atom. The van der Waals surface area contributed by atoms with Crippen molar-refractivity contribution < 1.29 is 18.8 Å². The average molecular weight is 295 g/mol. The molecule has 8 nitrogen and oxygen atoms in total. The van der Waals surface area contributed by atoms with Gasteiger partial charge in [-0.15, -0.1) is 0 Å². The van der Waals surface area contributed by atoms with Crippen LogP contribution in [0.15, 0.2) is 12.3 Å². The summed E-state index contributed by atoms with van der Waals surface area (Å²) in [5.74, 6) is 1.93. The molecule has 0 aromatic carbocycles. The van der Waals surface area contributed by atoms with Crippen molar-refractivity contribution in [2.75, 3.05) is 12.0 Å². The van der Waals surface area contributed by atoms with E-state index in [4.69, 9.17) is 5.84 Å². The van der Waals surface area contributed by atoms with Crippen molar-refractivity contribution >= 4 is 23.5 Å². The van der Waals surface area contributed by atoms with Crippen molar-refractivity contribution in [1.29, 1.82) is 0 Å². The number of nitrogens with one attached hydrogen (secondary N) is 2. The fraction of sp³-hybridized carbons (Fsp3) is 0.333. The third-order valence-electron chi connectivity index (χ3n) is 3.16. The second kappa shape index (κ2) is 5.83. The fourth-order valence-electron chi connectivity index (χ4n) is 2.15. The summed E-state index contributed by atoms with van der Waals surface area (Å²) in [6.07, 6.45) is 1.51. The van der Waals surface area contributed by atoms with Crippen molar-refractivity contribution in [3.8, 4) is 0 Å². The fourth-order valence-corrected chi connectivity index (χ4v) is 2.15. The maximum atomic E-state index is 14.1. The van der Waals surface area contributed by atoms with Gasteiger partial charge in [-0.1, -0.05) is 6.92 Å². The highest BCUT2D eigenvalue weighted by Crippen LogP contribution is 2.19. The molecule has 1 atom stereocenters. The van der Waals surface area contributed by atoms with E-state index in [0.29, 0.717) is 6.42 Å². The Balaban J connectivity index is 2.38. The van der Waals surface area contributed by atoms with Gasteiger partial charge in [-0.25, -0.2) is 15.2 Å². The van der Waals surface area contributed by atoms with Crippen LogP contribution in [0, 0.1) is 5.82 Å². The molecule has 1 unspecified atom stereocenters. The summed E-state index contributed by atoms with van der Waals surface area (Å²) in [5, 5.41) is 2.14. The first-order valence-corrected chi connectivity index (χ1v) is 6.25. The SMILES string of the molecule is CCC1C(=O)NC(=O)CN1C(=O)c1ccnc(NN)c1F. The quantitative estimate of drug-likeness (QED) is 0.389. The molecular weight excluding hydrogens is 281 g/mol. The Labute approximate surface area is 119 Å². The normalized spacial score (nSPS) is 18.4. The molecule has 0 saturated carbocycles. The Morgan fingerprint density at radius 2 is 2.33 bits per heavy atom. The summed E-state index contributed by atoms with van der Waals surface area (Å²) in [4.78, 5) is 40.2. The van der Waals surface area contributed by atoms with Gasteiger partial charge in [0.25, 0.3) is 5.91 Å². The number of pyridine rings is 1. The van der Waals surface area contributed by atoms with Gasteiger partial charge < -0.3 is 10.3 Å². The topological polar surface area (TPSA) is 117 Å². The van der Waals surface area contributed by atoms with Crippen LogP contribution < -0.4 is 16.6 Å². The van der Waals surface area contributed by atoms with Gasteiger partial charge in [-0.3, -0.25) is 19.7 Å². The second-order valence-electron chi connectivity index (χ2n) is 4.43. The monoisotopic (exact) mass is 295 g/mol. The smallest absolute Gasteiger partial charge is 0.258 e. The lowest BCUT2D eigenvalue weighted by Crippen LogP contribution is -2.59. The van der Waals surface area contributed by atoms with Crippen molar-refractivity contribution in [2.45, 2.75) is 19.4 Å². The molecule has 3 amide bonds. The number of carbonyl (C=O) groups is 3. The van der Waals surface area contributed by atoms with Gasteiger partial charge in [0.15, 0.2) is 11.6 Å². The molecule has 1 aromatic rings. The molecule has 0 radical (unpaired) electrons. The highest BCUT2D eigenvalue weighted by atomic mass is 19.1. The first-order chi connectivity index (χ1) is 9.99. The highest BCUT2D eigenvalue weighted by Gasteiger charge is 2.37. The summed E-state index contributed by atoms with van der Waals surface area (Å²) < 4.78 is 14.1. The van der Waals surface area contributed by atoms with E-state index >= 15 is 0 Å². The lowest BCUT2D eigenvalue weighted by molar-refractivity contribution is -0.138. The lowest BCUT2D eigenvalue weighted by Gasteiger charge is -2.33. The molecule has 4 N–H and O–H groups in total. The van der Waals surface area contributed by atoms with Gasteiger partial charge in [0.05, 0.1) is 5.56 Å². The minimum absolute atomic E-state index is 0.290. The zero-order chi connectivity index (χ0) is 15.6. The number of nitrogen functional groups attached to an aromatic ring is 1. The van der Waals surface area contributed by atoms with E-state index in [9.17, 15) is 18.8 Å². The molecule has 1 saturated heterocycles. The van der Waals surface area contributed by atoms with Crippen molar-refractivity contribution in [2.24, 2.45) is 5.84 Å². The van der Waals surface area contributed by atoms with Crippen LogP contribution in [-0.4, -0.2) is 40.2 Å². The molecule has 1 fully saturated rings. The van der Waals surface area contributed by atoms with Gasteiger partial charge in [0, 0.05) is 6.20 Å². The Morgan fingerprint density at radius 1 is 1.62 bits per heavy atom. The molecule has 9 heteroatoms. The molecule has 1 aliphatic rings. The molecule has 112 valence electrons. The van der Waals surface area contributed by atoms with E-state index in [2.05, 4.69) is 10.3 Å². The van der Waals surface area contributed by atoms with Gasteiger partial charge in [0.2, 0.25) is 11.8 Å². The number of rotatable bonds is 3. The molecular formula is C12H14FN5O3. The van der Waals surface area contributed by atoms with Crippen LogP contribution in [0.25, 0.3) is 0 Å². The molecule has 0 spiro atoms. The van der Waals surface area contributed by atoms with Gasteiger partial charge >= 0.3 is 0 Å². The number of hydrogen-bond acceptors (Lipinski definition) is 6. The number of amides is 3. The van der Waals surface area contributed by atoms with Crippen molar-refractivity contribution in [3.05, 3.63) is 23.6 Å². The standard InChI is InChI=1S/C12H14FN5O3/c1-2-7-11(20)16-8(19)5-18(7)12(21)6-3-4-15-10(17-14)9(6)13/h3-4,7H,2,5,14H2,1H3,(H,15,17)(H,16,19,20). The molecule has 2 heterocycles. The second-order valence-corrected chi connectivity index (χ2v) is 4.43. The minimum Gasteiger partial charge on any atom is -0.317 e. The molecule has 1 aromatic heterocycles. The van der Waals surface area contributed by atoms with E-state index < -0.39 is 29.6 Å². The number of nitrogens with two attached hydrogens (primary N) is 1. The first kappa shape index (κ1) is 14.9. The number of carbonyl (C=O) groups excluding carboxylic acids is 3. The van der Waals surface area contributed by atoms with Gasteiger partial charge in [-0.2, -0.15) is 0 Å². The predicted octanol–water partition coefficient (Wildman–Crippen LogP) is -0.617. The van der Waals surface area contributed by atoms with E-state index in [1.165, 1.54) is 12.3 Å². The lowest BCUT2D eigenvalue weighted by atomic mass is 10.1. The van der Waals surface area contributed by atoms with Crippen LogP contribution in [-0.2, 0) is 9.59 Å². The number of hydrazine groups is 1. The zero-order valence-electron chi connectivity index (χ0n) is 11.2. The number of halogens is 1. The Bertz CT molecular complexity index is 607. The largest absolute Gasteiger partial charge is 0.317 e. The third-order valence-corrected chi connectivity index (χ3v) is 3.16. The van der Waals surface area contributed by atoms with Gasteiger partial charge in [-0.05, 0) is 12.5 Å². The van der Waals surface area contributed by atoms with Crippen LogP contribution in [0.4, 0.5) is 10.2 Å². The summed E-state index contributed by atoms with van der Waals surface area (Å²) in [7, 11) is 0. The Hall–Kier alpha value is -2.55. The molecule has 1 aliphatic heterocycles. The van der Waals surface area contributed by atoms with E-state index in [-0.39, 0.29) is 17.9 Å². The van der Waals surface area contributed by atoms with Crippen LogP contribution in [0.2, 0.25) is 0 Å². The molecule has 0 aliphatic carbocycles. The van der Waals surface area contributed by atoms with Crippen molar-refractivity contribution in [1.82, 2.24) is 15.2 Å². The molecule has 0 bridgehead atoms. The predicted molar refractivity (Wildman–Crippen MR) is 70.3 cm³/mol. The average Bonchev–Trinajstić information content (AvgIpc) is 2.46. The number of nitrogens with zero attached hydrogens (tertiary/aromatic N) is 2. The van der Waals surface area contributed by atoms with Gasteiger partial charge in [0.1, 0.15) is 12.6 Å². The maximum Gasteiger partial charge on any atom is 0.258 e. The minimum atomic E-state index is -0.932. The Kier molecular flexibility index (Phi) is 4.13. The summed E-state index contributed by atoms with van der Waals surface area (Å²) in [6, 6.07) is 0.347. The highest BCUT2D eigenvalue weighted by molar-refractivity contribution is 6.07.